The summed E-state index contributed by atoms with van der Waals surface area (Å²) in [5.41, 5.74) is -0.273. The van der Waals surface area contributed by atoms with Crippen molar-refractivity contribution < 1.29 is 23.0 Å². The Morgan fingerprint density at radius 3 is 2.81 bits per heavy atom. The van der Waals surface area contributed by atoms with Gasteiger partial charge in [-0.15, -0.1) is 12.4 Å². The average Bonchev–Trinajstić information content (AvgIpc) is 3.45. The van der Waals surface area contributed by atoms with Crippen molar-refractivity contribution in [2.24, 2.45) is 5.92 Å². The topological polar surface area (TPSA) is 50.8 Å². The number of rotatable bonds is 6. The number of piperazine rings is 1. The number of hydrogen-bond donors (Lipinski definition) is 1. The van der Waals surface area contributed by atoms with E-state index in [-0.39, 0.29) is 29.8 Å². The lowest BCUT2D eigenvalue weighted by Gasteiger charge is -2.34. The zero-order chi connectivity index (χ0) is 17.8. The summed E-state index contributed by atoms with van der Waals surface area (Å²) in [5.74, 6) is -1.06. The largest absolute Gasteiger partial charge is 0.490 e. The molecule has 1 aromatic carbocycles. The minimum Gasteiger partial charge on any atom is -0.490 e. The van der Waals surface area contributed by atoms with Gasteiger partial charge in [-0.05, 0) is 37.3 Å². The first-order chi connectivity index (χ1) is 12.1. The molecule has 146 valence electrons. The highest BCUT2D eigenvalue weighted by atomic mass is 35.5. The molecule has 1 heterocycles. The van der Waals surface area contributed by atoms with Gasteiger partial charge in [0.1, 0.15) is 12.4 Å². The van der Waals surface area contributed by atoms with Gasteiger partial charge in [-0.1, -0.05) is 6.92 Å². The molecule has 1 saturated carbocycles. The highest BCUT2D eigenvalue weighted by molar-refractivity contribution is 5.85. The summed E-state index contributed by atoms with van der Waals surface area (Å²) in [6, 6.07) is 2.46. The lowest BCUT2D eigenvalue weighted by atomic mass is 10.1. The number of carbonyl (C=O) groups excluding carboxylic acids is 1. The molecule has 1 saturated heterocycles. The minimum absolute atomic E-state index is 0. The maximum atomic E-state index is 14.5. The van der Waals surface area contributed by atoms with Crippen LogP contribution in [-0.4, -0.2) is 43.3 Å². The number of amides is 1. The Balaban J connectivity index is 0.00000243. The fourth-order valence-electron chi connectivity index (χ4n) is 2.89. The van der Waals surface area contributed by atoms with E-state index in [1.54, 1.807) is 4.90 Å². The average molecular weight is 391 g/mol. The Bertz CT molecular complexity index is 629. The predicted molar refractivity (Wildman–Crippen MR) is 95.7 cm³/mol. The van der Waals surface area contributed by atoms with Gasteiger partial charge in [-0.2, -0.15) is 0 Å². The van der Waals surface area contributed by atoms with Crippen LogP contribution in [0.2, 0.25) is 0 Å². The molecular weight excluding hydrogens is 366 g/mol. The fraction of sp³-hybridized carbons (Fsp3) is 0.611. The van der Waals surface area contributed by atoms with Crippen LogP contribution in [-0.2, 0) is 11.3 Å². The molecule has 0 bridgehead atoms. The van der Waals surface area contributed by atoms with Gasteiger partial charge < -0.3 is 19.7 Å². The second-order valence-corrected chi connectivity index (χ2v) is 6.61. The zero-order valence-corrected chi connectivity index (χ0v) is 15.6. The molecule has 1 aromatic rings. The number of hydrogen-bond acceptors (Lipinski definition) is 4. The van der Waals surface area contributed by atoms with E-state index in [9.17, 15) is 13.6 Å². The Morgan fingerprint density at radius 1 is 1.35 bits per heavy atom. The Kier molecular flexibility index (Phi) is 7.46. The van der Waals surface area contributed by atoms with E-state index in [2.05, 4.69) is 5.32 Å². The number of ether oxygens (including phenoxy) is 2. The molecule has 1 unspecified atom stereocenters. The summed E-state index contributed by atoms with van der Waals surface area (Å²) < 4.78 is 39.0. The number of benzene rings is 1. The van der Waals surface area contributed by atoms with Crippen molar-refractivity contribution >= 4 is 18.5 Å². The van der Waals surface area contributed by atoms with Gasteiger partial charge in [0.2, 0.25) is 0 Å². The number of halogens is 3. The quantitative estimate of drug-likeness (QED) is 0.807. The lowest BCUT2D eigenvalue weighted by Crippen LogP contribution is -2.53. The van der Waals surface area contributed by atoms with Crippen LogP contribution in [0.1, 0.15) is 31.7 Å². The van der Waals surface area contributed by atoms with Crippen LogP contribution in [0.15, 0.2) is 12.1 Å². The second kappa shape index (κ2) is 9.37. The monoisotopic (exact) mass is 390 g/mol. The van der Waals surface area contributed by atoms with Crippen molar-refractivity contribution in [1.29, 1.82) is 0 Å². The van der Waals surface area contributed by atoms with Crippen LogP contribution in [0.4, 0.5) is 13.6 Å². The van der Waals surface area contributed by atoms with Gasteiger partial charge in [-0.3, -0.25) is 0 Å². The first-order valence-electron chi connectivity index (χ1n) is 8.84. The molecule has 1 aliphatic carbocycles. The van der Waals surface area contributed by atoms with Gasteiger partial charge >= 0.3 is 6.09 Å². The minimum atomic E-state index is -0.791. The molecule has 1 N–H and O–H groups in total. The lowest BCUT2D eigenvalue weighted by molar-refractivity contribution is 0.0697. The first-order valence-corrected chi connectivity index (χ1v) is 8.84. The van der Waals surface area contributed by atoms with Gasteiger partial charge in [-0.25, -0.2) is 13.6 Å². The van der Waals surface area contributed by atoms with E-state index < -0.39 is 24.3 Å². The van der Waals surface area contributed by atoms with Crippen LogP contribution >= 0.6 is 12.4 Å². The van der Waals surface area contributed by atoms with E-state index >= 15 is 0 Å². The van der Waals surface area contributed by atoms with Crippen molar-refractivity contribution in [3.05, 3.63) is 29.3 Å². The highest BCUT2D eigenvalue weighted by Crippen LogP contribution is 2.31. The molecule has 5 nitrogen and oxygen atoms in total. The third-order valence-corrected chi connectivity index (χ3v) is 4.72. The Morgan fingerprint density at radius 2 is 2.12 bits per heavy atom. The van der Waals surface area contributed by atoms with Crippen LogP contribution in [0.5, 0.6) is 5.75 Å². The molecule has 0 spiro atoms. The fourth-order valence-corrected chi connectivity index (χ4v) is 2.89. The maximum absolute atomic E-state index is 14.5. The van der Waals surface area contributed by atoms with Crippen molar-refractivity contribution in [3.63, 3.8) is 0 Å². The van der Waals surface area contributed by atoms with Gasteiger partial charge in [0.15, 0.2) is 11.6 Å². The number of nitrogens with one attached hydrogen (secondary N) is 1. The molecule has 3 rings (SSSR count). The van der Waals surface area contributed by atoms with Gasteiger partial charge in [0.25, 0.3) is 0 Å². The summed E-state index contributed by atoms with van der Waals surface area (Å²) in [7, 11) is 0. The smallest absolute Gasteiger partial charge is 0.410 e. The second-order valence-electron chi connectivity index (χ2n) is 6.61. The number of carbonyl (C=O) groups is 1. The summed E-state index contributed by atoms with van der Waals surface area (Å²) in [6.45, 7) is 3.86. The summed E-state index contributed by atoms with van der Waals surface area (Å²) >= 11 is 0. The number of nitrogens with zero attached hydrogens (tertiary/aromatic N) is 1. The Labute approximate surface area is 158 Å². The van der Waals surface area contributed by atoms with Crippen LogP contribution in [0.25, 0.3) is 0 Å². The molecule has 8 heteroatoms. The van der Waals surface area contributed by atoms with Gasteiger partial charge in [0, 0.05) is 25.7 Å². The molecule has 0 radical (unpaired) electrons. The van der Waals surface area contributed by atoms with E-state index in [1.165, 1.54) is 6.07 Å². The summed E-state index contributed by atoms with van der Waals surface area (Å²) in [5, 5.41) is 3.21. The third-order valence-electron chi connectivity index (χ3n) is 4.72. The van der Waals surface area contributed by atoms with Crippen molar-refractivity contribution in [3.8, 4) is 5.75 Å². The standard InChI is InChI=1S/C18H24F2N2O3.ClH/c1-2-13-9-21-7-8-22(13)18(23)25-11-14-15(19)5-6-16(17(14)20)24-10-12-3-4-12;/h5-6,12-13,21H,2-4,7-11H2,1H3;1H. The van der Waals surface area contributed by atoms with Crippen LogP contribution in [0, 0.1) is 17.6 Å². The highest BCUT2D eigenvalue weighted by Gasteiger charge is 2.27. The molecule has 1 aliphatic heterocycles. The van der Waals surface area contributed by atoms with Crippen LogP contribution in [0.3, 0.4) is 0 Å². The van der Waals surface area contributed by atoms with Crippen molar-refractivity contribution in [2.75, 3.05) is 26.2 Å². The van der Waals surface area contributed by atoms with E-state index in [0.29, 0.717) is 32.2 Å². The van der Waals surface area contributed by atoms with Crippen molar-refractivity contribution in [2.45, 2.75) is 38.8 Å². The molecule has 1 atom stereocenters. The zero-order valence-electron chi connectivity index (χ0n) is 14.8. The molecule has 26 heavy (non-hydrogen) atoms. The van der Waals surface area contributed by atoms with Crippen LogP contribution < -0.4 is 10.1 Å². The van der Waals surface area contributed by atoms with Gasteiger partial charge in [0.05, 0.1) is 12.2 Å². The normalized spacial score (nSPS) is 19.7. The predicted octanol–water partition coefficient (Wildman–Crippen LogP) is 3.50. The Hall–Kier alpha value is -1.60. The molecule has 0 aromatic heterocycles. The molecule has 2 aliphatic rings. The molecule has 2 fully saturated rings. The van der Waals surface area contributed by atoms with E-state index in [0.717, 1.165) is 25.3 Å². The summed E-state index contributed by atoms with van der Waals surface area (Å²) in [4.78, 5) is 13.9. The van der Waals surface area contributed by atoms with Crippen molar-refractivity contribution in [1.82, 2.24) is 10.2 Å². The van der Waals surface area contributed by atoms with E-state index in [1.807, 2.05) is 6.92 Å². The third kappa shape index (κ3) is 4.98. The summed E-state index contributed by atoms with van der Waals surface area (Å²) in [6.07, 6.45) is 2.40. The SMILES string of the molecule is CCC1CNCCN1C(=O)OCc1c(F)ccc(OCC2CC2)c1F.Cl. The molecule has 1 amide bonds. The molecular formula is C18H25ClF2N2O3. The van der Waals surface area contributed by atoms with E-state index in [4.69, 9.17) is 9.47 Å². The maximum Gasteiger partial charge on any atom is 0.410 e. The first kappa shape index (κ1) is 20.7.